The average molecular weight is 356 g/mol. The number of H-pyrrole nitrogens is 1. The van der Waals surface area contributed by atoms with Crippen molar-refractivity contribution in [2.24, 2.45) is 5.73 Å². The number of likely N-dealkylation sites (tertiary alicyclic amines) is 1. The molecule has 8 nitrogen and oxygen atoms in total. The molecule has 1 saturated heterocycles. The third kappa shape index (κ3) is 4.66. The number of carbonyl (C=O) groups excluding carboxylic acids is 2. The van der Waals surface area contributed by atoms with Gasteiger partial charge in [-0.2, -0.15) is 5.10 Å². The van der Waals surface area contributed by atoms with E-state index >= 15 is 0 Å². The lowest BCUT2D eigenvalue weighted by Crippen LogP contribution is -2.36. The maximum absolute atomic E-state index is 12.2. The first-order chi connectivity index (χ1) is 12.5. The van der Waals surface area contributed by atoms with Crippen LogP contribution in [0.15, 0.2) is 24.3 Å². The third-order valence-electron chi connectivity index (χ3n) is 4.59. The molecular formula is C18H24N6O2. The quantitative estimate of drug-likeness (QED) is 0.724. The first-order valence-electron chi connectivity index (χ1n) is 8.82. The van der Waals surface area contributed by atoms with E-state index in [1.807, 2.05) is 6.92 Å². The topological polar surface area (TPSA) is 117 Å². The van der Waals surface area contributed by atoms with Gasteiger partial charge in [0.2, 0.25) is 11.8 Å². The summed E-state index contributed by atoms with van der Waals surface area (Å²) in [6.07, 6.45) is 2.57. The number of hydrogen-bond donors (Lipinski definition) is 3. The van der Waals surface area contributed by atoms with Crippen molar-refractivity contribution in [2.45, 2.75) is 32.1 Å². The minimum Gasteiger partial charge on any atom is -0.366 e. The minimum atomic E-state index is -0.482. The average Bonchev–Trinajstić information content (AvgIpc) is 3.07. The smallest absolute Gasteiger partial charge is 0.248 e. The van der Waals surface area contributed by atoms with Gasteiger partial charge in [0.25, 0.3) is 0 Å². The van der Waals surface area contributed by atoms with Crippen molar-refractivity contribution in [3.8, 4) is 0 Å². The van der Waals surface area contributed by atoms with Gasteiger partial charge in [-0.05, 0) is 50.6 Å². The Hall–Kier alpha value is -2.74. The summed E-state index contributed by atoms with van der Waals surface area (Å²) in [6.45, 7) is 4.46. The summed E-state index contributed by atoms with van der Waals surface area (Å²) >= 11 is 0. The van der Waals surface area contributed by atoms with Crippen LogP contribution < -0.4 is 11.1 Å². The Morgan fingerprint density at radius 3 is 2.77 bits per heavy atom. The molecule has 0 bridgehead atoms. The molecule has 1 atom stereocenters. The second-order valence-electron chi connectivity index (χ2n) is 6.66. The van der Waals surface area contributed by atoms with Crippen molar-refractivity contribution in [3.63, 3.8) is 0 Å². The molecule has 2 amide bonds. The number of hydrogen-bond acceptors (Lipinski definition) is 5. The van der Waals surface area contributed by atoms with Crippen LogP contribution in [0.2, 0.25) is 0 Å². The second kappa shape index (κ2) is 8.09. The van der Waals surface area contributed by atoms with Gasteiger partial charge in [-0.1, -0.05) is 0 Å². The van der Waals surface area contributed by atoms with Crippen LogP contribution in [0.3, 0.4) is 0 Å². The molecule has 3 rings (SSSR count). The summed E-state index contributed by atoms with van der Waals surface area (Å²) in [5.41, 5.74) is 6.29. The van der Waals surface area contributed by atoms with Crippen LogP contribution in [0, 0.1) is 6.92 Å². The van der Waals surface area contributed by atoms with Crippen molar-refractivity contribution in [1.82, 2.24) is 20.1 Å². The number of primary amides is 1. The fourth-order valence-electron chi connectivity index (χ4n) is 3.21. The number of anilines is 1. The predicted octanol–water partition coefficient (Wildman–Crippen LogP) is 1.42. The van der Waals surface area contributed by atoms with Gasteiger partial charge in [-0.25, -0.2) is 4.98 Å². The fourth-order valence-corrected chi connectivity index (χ4v) is 3.21. The van der Waals surface area contributed by atoms with Crippen molar-refractivity contribution >= 4 is 17.5 Å². The SMILES string of the molecule is Cc1nc([C@@H]2CCCN(CCC(=O)Nc3ccc(C(N)=O)cc3)C2)n[nH]1. The van der Waals surface area contributed by atoms with Crippen molar-refractivity contribution in [3.05, 3.63) is 41.5 Å². The highest BCUT2D eigenvalue weighted by Crippen LogP contribution is 2.24. The zero-order chi connectivity index (χ0) is 18.5. The Morgan fingerprint density at radius 2 is 2.12 bits per heavy atom. The predicted molar refractivity (Wildman–Crippen MR) is 97.7 cm³/mol. The largest absolute Gasteiger partial charge is 0.366 e. The maximum atomic E-state index is 12.2. The molecule has 1 aromatic heterocycles. The molecule has 0 saturated carbocycles. The molecule has 1 aromatic carbocycles. The number of piperidine rings is 1. The van der Waals surface area contributed by atoms with Crippen LogP contribution in [-0.2, 0) is 4.79 Å². The van der Waals surface area contributed by atoms with Crippen molar-refractivity contribution in [1.29, 1.82) is 0 Å². The van der Waals surface area contributed by atoms with E-state index < -0.39 is 5.91 Å². The van der Waals surface area contributed by atoms with Gasteiger partial charge in [-0.15, -0.1) is 0 Å². The van der Waals surface area contributed by atoms with Crippen molar-refractivity contribution in [2.75, 3.05) is 25.0 Å². The zero-order valence-corrected chi connectivity index (χ0v) is 14.9. The number of rotatable bonds is 6. The van der Waals surface area contributed by atoms with Crippen LogP contribution in [0.25, 0.3) is 0 Å². The van der Waals surface area contributed by atoms with E-state index in [2.05, 4.69) is 25.4 Å². The van der Waals surface area contributed by atoms with Gasteiger partial charge in [0.05, 0.1) is 0 Å². The summed E-state index contributed by atoms with van der Waals surface area (Å²) in [7, 11) is 0. The van der Waals surface area contributed by atoms with E-state index in [0.717, 1.165) is 37.6 Å². The van der Waals surface area contributed by atoms with E-state index in [-0.39, 0.29) is 5.91 Å². The Labute approximate surface area is 152 Å². The van der Waals surface area contributed by atoms with E-state index in [0.29, 0.717) is 30.1 Å². The number of nitrogens with two attached hydrogens (primary N) is 1. The molecule has 1 aliphatic heterocycles. The Balaban J connectivity index is 1.47. The number of carbonyl (C=O) groups is 2. The number of nitrogens with one attached hydrogen (secondary N) is 2. The van der Waals surface area contributed by atoms with E-state index in [1.54, 1.807) is 24.3 Å². The number of benzene rings is 1. The monoisotopic (exact) mass is 356 g/mol. The molecule has 0 unspecified atom stereocenters. The molecule has 26 heavy (non-hydrogen) atoms. The lowest BCUT2D eigenvalue weighted by molar-refractivity contribution is -0.116. The normalized spacial score (nSPS) is 17.8. The maximum Gasteiger partial charge on any atom is 0.248 e. The molecule has 1 aliphatic rings. The van der Waals surface area contributed by atoms with Gasteiger partial charge >= 0.3 is 0 Å². The second-order valence-corrected chi connectivity index (χ2v) is 6.66. The van der Waals surface area contributed by atoms with Gasteiger partial charge in [-0.3, -0.25) is 14.7 Å². The van der Waals surface area contributed by atoms with E-state index in [9.17, 15) is 9.59 Å². The number of aromatic amines is 1. The zero-order valence-electron chi connectivity index (χ0n) is 14.9. The summed E-state index contributed by atoms with van der Waals surface area (Å²) in [5.74, 6) is 1.49. The first kappa shape index (κ1) is 18.1. The summed E-state index contributed by atoms with van der Waals surface area (Å²) in [5, 5.41) is 10.0. The van der Waals surface area contributed by atoms with Crippen LogP contribution in [-0.4, -0.2) is 51.5 Å². The first-order valence-corrected chi connectivity index (χ1v) is 8.82. The lowest BCUT2D eigenvalue weighted by Gasteiger charge is -2.31. The summed E-state index contributed by atoms with van der Waals surface area (Å²) < 4.78 is 0. The number of aryl methyl sites for hydroxylation is 1. The molecule has 0 aliphatic carbocycles. The molecule has 8 heteroatoms. The van der Waals surface area contributed by atoms with Gasteiger partial charge in [0.1, 0.15) is 5.82 Å². The Kier molecular flexibility index (Phi) is 5.62. The molecule has 0 spiro atoms. The molecule has 0 radical (unpaired) electrons. The van der Waals surface area contributed by atoms with Crippen LogP contribution in [0.5, 0.6) is 0 Å². The lowest BCUT2D eigenvalue weighted by atomic mass is 9.97. The minimum absolute atomic E-state index is 0.0484. The molecule has 138 valence electrons. The highest BCUT2D eigenvalue weighted by molar-refractivity contribution is 5.94. The summed E-state index contributed by atoms with van der Waals surface area (Å²) in [6, 6.07) is 6.57. The van der Waals surface area contributed by atoms with Gasteiger partial charge in [0, 0.05) is 36.7 Å². The number of nitrogens with zero attached hydrogens (tertiary/aromatic N) is 3. The molecule has 4 N–H and O–H groups in total. The van der Waals surface area contributed by atoms with E-state index in [4.69, 9.17) is 5.73 Å². The van der Waals surface area contributed by atoms with Gasteiger partial charge in [0.15, 0.2) is 5.82 Å². The van der Waals surface area contributed by atoms with Crippen molar-refractivity contribution < 1.29 is 9.59 Å². The van der Waals surface area contributed by atoms with Crippen LogP contribution in [0.4, 0.5) is 5.69 Å². The molecule has 2 heterocycles. The van der Waals surface area contributed by atoms with Gasteiger partial charge < -0.3 is 16.0 Å². The molecule has 1 fully saturated rings. The van der Waals surface area contributed by atoms with Crippen LogP contribution in [0.1, 0.15) is 47.2 Å². The highest BCUT2D eigenvalue weighted by Gasteiger charge is 2.24. The van der Waals surface area contributed by atoms with E-state index in [1.165, 1.54) is 0 Å². The number of aromatic nitrogens is 3. The Bertz CT molecular complexity index is 770. The number of amides is 2. The summed E-state index contributed by atoms with van der Waals surface area (Å²) in [4.78, 5) is 30.0. The van der Waals surface area contributed by atoms with Crippen LogP contribution >= 0.6 is 0 Å². The highest BCUT2D eigenvalue weighted by atomic mass is 16.2. The molecule has 2 aromatic rings. The fraction of sp³-hybridized carbons (Fsp3) is 0.444. The standard InChI is InChI=1S/C18H24N6O2/c1-12-20-18(23-22-12)14-3-2-9-24(11-14)10-8-16(25)21-15-6-4-13(5-7-15)17(19)26/h4-7,14H,2-3,8-11H2,1H3,(H2,19,26)(H,21,25)(H,20,22,23)/t14-/m1/s1. The third-order valence-corrected chi connectivity index (χ3v) is 4.59. The molecular weight excluding hydrogens is 332 g/mol. The Morgan fingerprint density at radius 1 is 1.35 bits per heavy atom.